The molecule has 4 N–H and O–H groups in total. The molecule has 3 saturated carbocycles. The quantitative estimate of drug-likeness (QED) is 0.0336. The van der Waals surface area contributed by atoms with Crippen molar-refractivity contribution in [3.8, 4) is 0 Å². The van der Waals surface area contributed by atoms with Crippen molar-refractivity contribution >= 4 is 29.7 Å². The Labute approximate surface area is 545 Å². The third-order valence-corrected chi connectivity index (χ3v) is 16.3. The van der Waals surface area contributed by atoms with E-state index in [9.17, 15) is 63.5 Å². The van der Waals surface area contributed by atoms with E-state index in [4.69, 9.17) is 26.0 Å². The van der Waals surface area contributed by atoms with E-state index in [-0.39, 0.29) is 102 Å². The summed E-state index contributed by atoms with van der Waals surface area (Å²) >= 11 is 0. The Hall–Kier alpha value is -6.75. The number of ketones is 1. The predicted octanol–water partition coefficient (Wildman–Crippen LogP) is 10.4. The van der Waals surface area contributed by atoms with Crippen molar-refractivity contribution in [2.45, 2.75) is 124 Å². The molecule has 460 valence electrons. The zero-order chi connectivity index (χ0) is 62.4. The van der Waals surface area contributed by atoms with Gasteiger partial charge in [-0.05, 0) is 109 Å². The number of halogens is 9. The van der Waals surface area contributed by atoms with E-state index in [2.05, 4.69) is 21.3 Å². The monoisotopic (exact) mass is 1250 g/mol. The number of ether oxygens (including phenoxy) is 3. The first-order valence-corrected chi connectivity index (χ1v) is 27.2. The number of hydrogen-bond acceptors (Lipinski definition) is 9. The molecule has 88 heavy (non-hydrogen) atoms. The molecule has 6 amide bonds. The summed E-state index contributed by atoms with van der Waals surface area (Å²) in [7, 11) is 0. The first-order chi connectivity index (χ1) is 40.7. The average Bonchev–Trinajstić information content (AvgIpc) is 1.37. The van der Waals surface area contributed by atoms with Crippen LogP contribution in [0.25, 0.3) is 0 Å². The fourth-order valence-corrected chi connectivity index (χ4v) is 11.9. The van der Waals surface area contributed by atoms with E-state index < -0.39 is 81.4 Å². The Morgan fingerprint density at radius 3 is 1.15 bits per heavy atom. The minimum absolute atomic E-state index is 0. The molecule has 2 saturated heterocycles. The fraction of sp³-hybridized carbons (Fsp3) is 0.354. The molecule has 11 rings (SSSR count). The Morgan fingerprint density at radius 2 is 0.818 bits per heavy atom. The third kappa shape index (κ3) is 16.0. The van der Waals surface area contributed by atoms with E-state index in [0.29, 0.717) is 61.8 Å². The molecule has 2 heterocycles. The summed E-state index contributed by atoms with van der Waals surface area (Å²) in [6, 6.07) is 42.9. The minimum Gasteiger partial charge on any atom is -0.512 e. The number of carbonyl (C=O) groups is 5. The molecule has 2 atom stereocenters. The van der Waals surface area contributed by atoms with Gasteiger partial charge < -0.3 is 36.7 Å². The Bertz CT molecular complexity index is 3260. The van der Waals surface area contributed by atoms with Crippen LogP contribution in [0.5, 0.6) is 0 Å². The Morgan fingerprint density at radius 1 is 0.477 bits per heavy atom. The Balaban J connectivity index is 0.000000207. The number of alkyl halides is 9. The molecule has 0 aromatic heterocycles. The second kappa shape index (κ2) is 28.4. The molecular formula is C65H63F9KN5O8. The smallest absolute Gasteiger partial charge is 0.512 e. The zero-order valence-corrected chi connectivity index (χ0v) is 50.6. The van der Waals surface area contributed by atoms with Crippen molar-refractivity contribution in [3.63, 3.8) is 0 Å². The van der Waals surface area contributed by atoms with Crippen LogP contribution in [-0.2, 0) is 70.0 Å². The summed E-state index contributed by atoms with van der Waals surface area (Å²) in [4.78, 5) is 59.2. The van der Waals surface area contributed by atoms with E-state index in [1.54, 1.807) is 32.0 Å². The van der Waals surface area contributed by atoms with Gasteiger partial charge in [-0.15, -0.1) is 0 Å². The van der Waals surface area contributed by atoms with Gasteiger partial charge in [0.05, 0.1) is 55.3 Å². The average molecular weight is 1250 g/mol. The SMILES string of the molecule is C.C[C@@H](OCC1(c2ccccc2)CC2(C1)NC(=O)NC2=O)c1cccc(C(F)(F)F)c1.C[C@@H](OCC1(c2ccccc2)CC2(C1)NC(=O)NC2=O)c1cccc(C(F)(F)F)c1.O=C1CC(COCc2cccc(C(F)(F)F)c2)(c2ccccc2)C1.[C-]#N.[K+]. The van der Waals surface area contributed by atoms with Gasteiger partial charge in [0.1, 0.15) is 16.9 Å². The van der Waals surface area contributed by atoms with Crippen LogP contribution in [0.2, 0.25) is 0 Å². The maximum atomic E-state index is 13.0. The largest absolute Gasteiger partial charge is 1.00 e. The van der Waals surface area contributed by atoms with E-state index in [0.717, 1.165) is 53.1 Å². The van der Waals surface area contributed by atoms with Crippen LogP contribution in [0.3, 0.4) is 0 Å². The number of hydrogen-bond donors (Lipinski definition) is 4. The molecule has 23 heteroatoms. The van der Waals surface area contributed by atoms with Gasteiger partial charge in [0, 0.05) is 29.1 Å². The summed E-state index contributed by atoms with van der Waals surface area (Å²) in [5.41, 5.74) is -1.16. The molecule has 2 spiro atoms. The summed E-state index contributed by atoms with van der Waals surface area (Å²) in [5, 5.41) is 16.2. The predicted molar refractivity (Wildman–Crippen MR) is 300 cm³/mol. The number of nitrogens with zero attached hydrogens (tertiary/aromatic N) is 1. The van der Waals surface area contributed by atoms with E-state index in [1.807, 2.05) is 91.0 Å². The maximum Gasteiger partial charge on any atom is 1.00 e. The van der Waals surface area contributed by atoms with Gasteiger partial charge in [-0.25, -0.2) is 9.59 Å². The van der Waals surface area contributed by atoms with Gasteiger partial charge in [0.25, 0.3) is 11.8 Å². The van der Waals surface area contributed by atoms with Crippen molar-refractivity contribution in [2.75, 3.05) is 19.8 Å². The van der Waals surface area contributed by atoms with Crippen LogP contribution in [0.4, 0.5) is 49.1 Å². The number of imide groups is 2. The molecular weight excluding hydrogens is 1190 g/mol. The maximum absolute atomic E-state index is 13.0. The first kappa shape index (κ1) is 70.3. The number of benzene rings is 6. The van der Waals surface area contributed by atoms with E-state index in [1.165, 1.54) is 18.2 Å². The molecule has 2 aliphatic heterocycles. The number of nitrogens with one attached hydrogen (secondary N) is 4. The second-order valence-electron chi connectivity index (χ2n) is 22.4. The van der Waals surface area contributed by atoms with Crippen LogP contribution >= 0.6 is 0 Å². The molecule has 5 aliphatic rings. The molecule has 3 aliphatic carbocycles. The normalized spacial score (nSPS) is 22.9. The van der Waals surface area contributed by atoms with Crippen molar-refractivity contribution in [1.29, 1.82) is 5.26 Å². The molecule has 0 bridgehead atoms. The summed E-state index contributed by atoms with van der Waals surface area (Å²) < 4.78 is 134. The number of urea groups is 2. The zero-order valence-electron chi connectivity index (χ0n) is 47.4. The number of amides is 6. The van der Waals surface area contributed by atoms with Gasteiger partial charge in [-0.2, -0.15) is 39.5 Å². The minimum atomic E-state index is -4.42. The van der Waals surface area contributed by atoms with Gasteiger partial charge in [-0.1, -0.05) is 135 Å². The van der Waals surface area contributed by atoms with Crippen LogP contribution in [-0.4, -0.2) is 60.6 Å². The Kier molecular flexibility index (Phi) is 22.7. The summed E-state index contributed by atoms with van der Waals surface area (Å²) in [6.45, 7) is 8.98. The standard InChI is InChI=1S/2C22H21F3N2O3.C19H17F3O2.CN.CH4.K/c2*1-14(15-6-5-9-17(10-15)22(23,24)25)30-13-20(16-7-3-2-4-8-16)11-21(12-20)18(28)26-19(29)27-21;20-19(21,22)16-8-4-5-14(9-16)12-24-13-18(10-17(23)11-18)15-6-2-1-3-7-15;1-2;;/h2*2-10,14H,11-13H2,1H3,(H2,26,27,28,29);1-9H,10-13H2;;1H4;/q;;;-1;;+1/t2*14-,20?,21?;;;;/m11..../s1. The van der Waals surface area contributed by atoms with Crippen LogP contribution in [0.1, 0.15) is 122 Å². The second-order valence-corrected chi connectivity index (χ2v) is 22.4. The van der Waals surface area contributed by atoms with E-state index >= 15 is 0 Å². The van der Waals surface area contributed by atoms with Gasteiger partial charge in [-0.3, -0.25) is 25.0 Å². The third-order valence-electron chi connectivity index (χ3n) is 16.3. The number of rotatable bonds is 15. The van der Waals surface area contributed by atoms with Crippen LogP contribution in [0.15, 0.2) is 164 Å². The molecule has 0 unspecified atom stereocenters. The molecule has 5 fully saturated rings. The van der Waals surface area contributed by atoms with Crippen molar-refractivity contribution in [3.05, 3.63) is 220 Å². The number of carbonyl (C=O) groups excluding carboxylic acids is 5. The molecule has 6 aromatic carbocycles. The topological polar surface area (TPSA) is 185 Å². The van der Waals surface area contributed by atoms with Crippen LogP contribution in [0, 0.1) is 11.8 Å². The van der Waals surface area contributed by atoms with Crippen molar-refractivity contribution in [1.82, 2.24) is 21.3 Å². The van der Waals surface area contributed by atoms with Crippen LogP contribution < -0.4 is 72.7 Å². The first-order valence-electron chi connectivity index (χ1n) is 27.2. The van der Waals surface area contributed by atoms with Crippen molar-refractivity contribution in [2.24, 2.45) is 0 Å². The number of Topliss-reactive ketones (excluding diaryl/α,β-unsaturated/α-hetero) is 1. The van der Waals surface area contributed by atoms with Gasteiger partial charge in [0.15, 0.2) is 0 Å². The molecule has 0 radical (unpaired) electrons. The van der Waals surface area contributed by atoms with Crippen molar-refractivity contribution < 1.29 is 129 Å². The summed E-state index contributed by atoms with van der Waals surface area (Å²) in [5.74, 6) is -0.531. The van der Waals surface area contributed by atoms with Gasteiger partial charge in [0.2, 0.25) is 0 Å². The van der Waals surface area contributed by atoms with Gasteiger partial charge >= 0.3 is 82.0 Å². The molecule has 6 aromatic rings. The molecule has 13 nitrogen and oxygen atoms in total. The fourth-order valence-electron chi connectivity index (χ4n) is 11.9. The summed E-state index contributed by atoms with van der Waals surface area (Å²) in [6.07, 6.45) is -12.1.